The van der Waals surface area contributed by atoms with Crippen molar-refractivity contribution in [2.75, 3.05) is 19.5 Å². The SMILES string of the molecule is COc1cc(CNc2nc(C(C)C)nc3ccccc23)cc(OC)c1. The molecule has 0 aliphatic heterocycles. The van der Waals surface area contributed by atoms with Crippen LogP contribution in [0.15, 0.2) is 42.5 Å². The maximum Gasteiger partial charge on any atom is 0.137 e. The van der Waals surface area contributed by atoms with E-state index in [0.717, 1.165) is 39.6 Å². The Kier molecular flexibility index (Phi) is 5.03. The van der Waals surface area contributed by atoms with Gasteiger partial charge in [-0.1, -0.05) is 26.0 Å². The summed E-state index contributed by atoms with van der Waals surface area (Å²) in [6.07, 6.45) is 0. The zero-order valence-electron chi connectivity index (χ0n) is 15.0. The minimum atomic E-state index is 0.266. The van der Waals surface area contributed by atoms with Crippen LogP contribution in [0.25, 0.3) is 10.9 Å². The second kappa shape index (κ2) is 7.38. The fourth-order valence-electron chi connectivity index (χ4n) is 2.64. The van der Waals surface area contributed by atoms with Crippen LogP contribution >= 0.6 is 0 Å². The van der Waals surface area contributed by atoms with Crippen molar-refractivity contribution in [1.29, 1.82) is 0 Å². The molecule has 130 valence electrons. The molecule has 0 radical (unpaired) electrons. The highest BCUT2D eigenvalue weighted by Crippen LogP contribution is 2.26. The van der Waals surface area contributed by atoms with E-state index < -0.39 is 0 Å². The van der Waals surface area contributed by atoms with Crippen LogP contribution in [0.2, 0.25) is 0 Å². The highest BCUT2D eigenvalue weighted by atomic mass is 16.5. The summed E-state index contributed by atoms with van der Waals surface area (Å²) in [5.41, 5.74) is 2.01. The molecule has 0 bridgehead atoms. The minimum Gasteiger partial charge on any atom is -0.497 e. The number of hydrogen-bond donors (Lipinski definition) is 1. The molecule has 0 saturated heterocycles. The van der Waals surface area contributed by atoms with Gasteiger partial charge in [-0.05, 0) is 29.8 Å². The molecule has 3 rings (SSSR count). The highest BCUT2D eigenvalue weighted by Gasteiger charge is 2.10. The molecule has 1 N–H and O–H groups in total. The lowest BCUT2D eigenvalue weighted by atomic mass is 10.1. The number of para-hydroxylation sites is 1. The van der Waals surface area contributed by atoms with Crippen molar-refractivity contribution in [1.82, 2.24) is 9.97 Å². The van der Waals surface area contributed by atoms with Crippen molar-refractivity contribution in [3.05, 3.63) is 53.9 Å². The Bertz CT molecular complexity index is 856. The number of nitrogens with one attached hydrogen (secondary N) is 1. The van der Waals surface area contributed by atoms with Gasteiger partial charge >= 0.3 is 0 Å². The summed E-state index contributed by atoms with van der Waals surface area (Å²) in [6.45, 7) is 4.81. The van der Waals surface area contributed by atoms with Crippen LogP contribution in [0.4, 0.5) is 5.82 Å². The minimum absolute atomic E-state index is 0.266. The maximum absolute atomic E-state index is 5.34. The quantitative estimate of drug-likeness (QED) is 0.723. The van der Waals surface area contributed by atoms with Gasteiger partial charge in [0.25, 0.3) is 0 Å². The van der Waals surface area contributed by atoms with Gasteiger partial charge in [0.2, 0.25) is 0 Å². The fourth-order valence-corrected chi connectivity index (χ4v) is 2.64. The van der Waals surface area contributed by atoms with Crippen molar-refractivity contribution in [2.45, 2.75) is 26.3 Å². The van der Waals surface area contributed by atoms with Crippen LogP contribution in [0.1, 0.15) is 31.2 Å². The van der Waals surface area contributed by atoms with Gasteiger partial charge in [0.05, 0.1) is 19.7 Å². The Morgan fingerprint density at radius 3 is 2.28 bits per heavy atom. The number of nitrogens with zero attached hydrogens (tertiary/aromatic N) is 2. The molecule has 5 nitrogen and oxygen atoms in total. The number of benzene rings is 2. The summed E-state index contributed by atoms with van der Waals surface area (Å²) >= 11 is 0. The standard InChI is InChI=1S/C20H23N3O2/c1-13(2)19-22-18-8-6-5-7-17(18)20(23-19)21-12-14-9-15(24-3)11-16(10-14)25-4/h5-11,13H,12H2,1-4H3,(H,21,22,23). The van der Waals surface area contributed by atoms with Gasteiger partial charge in [0, 0.05) is 23.9 Å². The molecule has 0 aliphatic rings. The normalized spacial score (nSPS) is 10.9. The Morgan fingerprint density at radius 2 is 1.64 bits per heavy atom. The first kappa shape index (κ1) is 17.0. The van der Waals surface area contributed by atoms with Crippen molar-refractivity contribution < 1.29 is 9.47 Å². The Labute approximate surface area is 148 Å². The third kappa shape index (κ3) is 3.82. The first-order valence-electron chi connectivity index (χ1n) is 8.33. The van der Waals surface area contributed by atoms with E-state index in [1.54, 1.807) is 14.2 Å². The maximum atomic E-state index is 5.34. The molecule has 1 heterocycles. The van der Waals surface area contributed by atoms with Crippen LogP contribution in [0.5, 0.6) is 11.5 Å². The summed E-state index contributed by atoms with van der Waals surface area (Å²) < 4.78 is 10.7. The summed E-state index contributed by atoms with van der Waals surface area (Å²) in [7, 11) is 3.30. The van der Waals surface area contributed by atoms with Crippen molar-refractivity contribution in [3.8, 4) is 11.5 Å². The Hall–Kier alpha value is -2.82. The lowest BCUT2D eigenvalue weighted by molar-refractivity contribution is 0.393. The van der Waals surface area contributed by atoms with E-state index in [0.29, 0.717) is 6.54 Å². The molecule has 0 saturated carbocycles. The summed E-state index contributed by atoms with van der Waals surface area (Å²) in [4.78, 5) is 9.37. The van der Waals surface area contributed by atoms with E-state index in [9.17, 15) is 0 Å². The monoisotopic (exact) mass is 337 g/mol. The third-order valence-electron chi connectivity index (χ3n) is 4.01. The average Bonchev–Trinajstić information content (AvgIpc) is 2.65. The molecule has 25 heavy (non-hydrogen) atoms. The average molecular weight is 337 g/mol. The topological polar surface area (TPSA) is 56.3 Å². The lowest BCUT2D eigenvalue weighted by Crippen LogP contribution is -2.07. The second-order valence-corrected chi connectivity index (χ2v) is 6.18. The molecule has 0 spiro atoms. The smallest absolute Gasteiger partial charge is 0.137 e. The molecular formula is C20H23N3O2. The predicted octanol–water partition coefficient (Wildman–Crippen LogP) is 4.38. The van der Waals surface area contributed by atoms with Gasteiger partial charge in [-0.15, -0.1) is 0 Å². The largest absolute Gasteiger partial charge is 0.497 e. The van der Waals surface area contributed by atoms with Crippen LogP contribution < -0.4 is 14.8 Å². The molecule has 5 heteroatoms. The molecule has 0 fully saturated rings. The van der Waals surface area contributed by atoms with Crippen LogP contribution in [-0.4, -0.2) is 24.2 Å². The van der Waals surface area contributed by atoms with Gasteiger partial charge in [-0.25, -0.2) is 9.97 Å². The highest BCUT2D eigenvalue weighted by molar-refractivity contribution is 5.89. The molecule has 0 atom stereocenters. The number of ether oxygens (including phenoxy) is 2. The van der Waals surface area contributed by atoms with Crippen molar-refractivity contribution in [2.24, 2.45) is 0 Å². The zero-order chi connectivity index (χ0) is 17.8. The molecule has 1 aromatic heterocycles. The van der Waals surface area contributed by atoms with E-state index in [2.05, 4.69) is 24.1 Å². The summed E-state index contributed by atoms with van der Waals surface area (Å²) in [5, 5.41) is 4.46. The number of fused-ring (bicyclic) bond motifs is 1. The molecular weight excluding hydrogens is 314 g/mol. The summed E-state index contributed by atoms with van der Waals surface area (Å²) in [5.74, 6) is 3.49. The van der Waals surface area contributed by atoms with Crippen molar-refractivity contribution >= 4 is 16.7 Å². The second-order valence-electron chi connectivity index (χ2n) is 6.18. The first-order valence-corrected chi connectivity index (χ1v) is 8.33. The van der Waals surface area contributed by atoms with E-state index in [1.807, 2.05) is 42.5 Å². The zero-order valence-corrected chi connectivity index (χ0v) is 15.0. The van der Waals surface area contributed by atoms with E-state index in [4.69, 9.17) is 14.5 Å². The summed E-state index contributed by atoms with van der Waals surface area (Å²) in [6, 6.07) is 13.9. The Morgan fingerprint density at radius 1 is 0.960 bits per heavy atom. The fraction of sp³-hybridized carbons (Fsp3) is 0.300. The van der Waals surface area contributed by atoms with Gasteiger partial charge in [-0.2, -0.15) is 0 Å². The van der Waals surface area contributed by atoms with E-state index in [1.165, 1.54) is 0 Å². The first-order chi connectivity index (χ1) is 12.1. The number of anilines is 1. The van der Waals surface area contributed by atoms with Crippen LogP contribution in [0.3, 0.4) is 0 Å². The number of methoxy groups -OCH3 is 2. The number of hydrogen-bond acceptors (Lipinski definition) is 5. The lowest BCUT2D eigenvalue weighted by Gasteiger charge is -2.13. The van der Waals surface area contributed by atoms with Gasteiger partial charge in [0.1, 0.15) is 23.1 Å². The number of aromatic nitrogens is 2. The predicted molar refractivity (Wildman–Crippen MR) is 100 cm³/mol. The van der Waals surface area contributed by atoms with Gasteiger partial charge in [0.15, 0.2) is 0 Å². The van der Waals surface area contributed by atoms with Crippen molar-refractivity contribution in [3.63, 3.8) is 0 Å². The number of rotatable bonds is 6. The van der Waals surface area contributed by atoms with Crippen LogP contribution in [-0.2, 0) is 6.54 Å². The van der Waals surface area contributed by atoms with Gasteiger partial charge < -0.3 is 14.8 Å². The molecule has 2 aromatic carbocycles. The third-order valence-corrected chi connectivity index (χ3v) is 4.01. The Balaban J connectivity index is 1.93. The van der Waals surface area contributed by atoms with E-state index >= 15 is 0 Å². The molecule has 0 aliphatic carbocycles. The van der Waals surface area contributed by atoms with Crippen LogP contribution in [0, 0.1) is 0 Å². The molecule has 0 unspecified atom stereocenters. The molecule has 3 aromatic rings. The molecule has 0 amide bonds. The van der Waals surface area contributed by atoms with Gasteiger partial charge in [-0.3, -0.25) is 0 Å². The van der Waals surface area contributed by atoms with E-state index in [-0.39, 0.29) is 5.92 Å².